The van der Waals surface area contributed by atoms with Crippen LogP contribution in [-0.4, -0.2) is 28.5 Å². The van der Waals surface area contributed by atoms with Gasteiger partial charge in [0.25, 0.3) is 0 Å². The van der Waals surface area contributed by atoms with Gasteiger partial charge in [0.15, 0.2) is 5.11 Å². The van der Waals surface area contributed by atoms with Crippen molar-refractivity contribution in [2.75, 3.05) is 11.9 Å². The van der Waals surface area contributed by atoms with Gasteiger partial charge in [0.1, 0.15) is 6.04 Å². The number of carbonyl (C=O) groups excluding carboxylic acids is 1. The van der Waals surface area contributed by atoms with Crippen LogP contribution in [0.3, 0.4) is 0 Å². The molecule has 3 N–H and O–H groups in total. The van der Waals surface area contributed by atoms with Crippen LogP contribution in [0.5, 0.6) is 0 Å². The van der Waals surface area contributed by atoms with E-state index in [0.29, 0.717) is 5.11 Å². The maximum absolute atomic E-state index is 11.3. The maximum atomic E-state index is 11.3. The zero-order valence-corrected chi connectivity index (χ0v) is 10.2. The van der Waals surface area contributed by atoms with Crippen LogP contribution in [0.4, 0.5) is 5.69 Å². The second kappa shape index (κ2) is 5.14. The lowest BCUT2D eigenvalue weighted by Crippen LogP contribution is -2.45. The number of thiocarbonyl (C=S) groups is 1. The van der Waals surface area contributed by atoms with Crippen molar-refractivity contribution in [2.45, 2.75) is 18.9 Å². The molecule has 1 heterocycles. The smallest absolute Gasteiger partial charge is 0.240 e. The van der Waals surface area contributed by atoms with E-state index in [0.717, 1.165) is 25.1 Å². The Morgan fingerprint density at radius 1 is 1.41 bits per heavy atom. The lowest BCUT2D eigenvalue weighted by atomic mass is 10.2. The van der Waals surface area contributed by atoms with E-state index in [2.05, 4.69) is 5.32 Å². The lowest BCUT2D eigenvalue weighted by Gasteiger charge is -2.25. The highest BCUT2D eigenvalue weighted by atomic mass is 32.1. The van der Waals surface area contributed by atoms with Crippen molar-refractivity contribution in [3.8, 4) is 0 Å². The molecule has 0 spiro atoms. The number of carbonyl (C=O) groups is 1. The number of anilines is 1. The maximum Gasteiger partial charge on any atom is 0.240 e. The van der Waals surface area contributed by atoms with Crippen LogP contribution in [0, 0.1) is 0 Å². The highest BCUT2D eigenvalue weighted by Gasteiger charge is 2.30. The molecule has 1 saturated heterocycles. The number of hydrogen-bond donors (Lipinski definition) is 2. The first kappa shape index (κ1) is 11.9. The summed E-state index contributed by atoms with van der Waals surface area (Å²) < 4.78 is 0. The molecule has 0 saturated carbocycles. The fraction of sp³-hybridized carbons (Fsp3) is 0.333. The van der Waals surface area contributed by atoms with Crippen molar-refractivity contribution in [3.63, 3.8) is 0 Å². The Labute approximate surface area is 106 Å². The molecule has 2 rings (SSSR count). The number of benzene rings is 1. The fourth-order valence-electron chi connectivity index (χ4n) is 2.02. The van der Waals surface area contributed by atoms with Crippen molar-refractivity contribution >= 4 is 28.9 Å². The van der Waals surface area contributed by atoms with Crippen LogP contribution >= 0.6 is 12.2 Å². The summed E-state index contributed by atoms with van der Waals surface area (Å²) in [6, 6.07) is 9.40. The minimum Gasteiger partial charge on any atom is -0.368 e. The SMILES string of the molecule is NC(=O)[C@@H]1CCCN1C(=S)Nc1ccccc1. The van der Waals surface area contributed by atoms with Crippen LogP contribution in [0.2, 0.25) is 0 Å². The van der Waals surface area contributed by atoms with E-state index < -0.39 is 0 Å². The molecular weight excluding hydrogens is 234 g/mol. The summed E-state index contributed by atoms with van der Waals surface area (Å²) in [5, 5.41) is 3.69. The van der Waals surface area contributed by atoms with E-state index in [-0.39, 0.29) is 11.9 Å². The topological polar surface area (TPSA) is 58.4 Å². The van der Waals surface area contributed by atoms with Gasteiger partial charge >= 0.3 is 0 Å². The number of rotatable bonds is 2. The Morgan fingerprint density at radius 2 is 2.12 bits per heavy atom. The molecule has 5 heteroatoms. The number of nitrogens with zero attached hydrogens (tertiary/aromatic N) is 1. The van der Waals surface area contributed by atoms with E-state index in [1.807, 2.05) is 35.2 Å². The third-order valence-corrected chi connectivity index (χ3v) is 3.20. The van der Waals surface area contributed by atoms with Crippen molar-refractivity contribution in [1.82, 2.24) is 4.90 Å². The molecule has 0 unspecified atom stereocenters. The van der Waals surface area contributed by atoms with Crippen molar-refractivity contribution in [1.29, 1.82) is 0 Å². The lowest BCUT2D eigenvalue weighted by molar-refractivity contribution is -0.121. The molecule has 1 fully saturated rings. The van der Waals surface area contributed by atoms with Gasteiger partial charge in [-0.05, 0) is 37.2 Å². The Balaban J connectivity index is 2.03. The summed E-state index contributed by atoms with van der Waals surface area (Å²) in [5.41, 5.74) is 6.28. The number of para-hydroxylation sites is 1. The van der Waals surface area contributed by atoms with Crippen molar-refractivity contribution < 1.29 is 4.79 Å². The van der Waals surface area contributed by atoms with Crippen molar-refractivity contribution in [2.24, 2.45) is 5.73 Å². The summed E-state index contributed by atoms with van der Waals surface area (Å²) in [5.74, 6) is -0.306. The molecule has 1 aliphatic rings. The number of likely N-dealkylation sites (tertiary alicyclic amines) is 1. The van der Waals surface area contributed by atoms with Gasteiger partial charge in [0.2, 0.25) is 5.91 Å². The molecule has 0 aliphatic carbocycles. The predicted octanol–water partition coefficient (Wildman–Crippen LogP) is 1.33. The third kappa shape index (κ3) is 2.74. The van der Waals surface area contributed by atoms with Crippen molar-refractivity contribution in [3.05, 3.63) is 30.3 Å². The van der Waals surface area contributed by atoms with Crippen LogP contribution in [0.25, 0.3) is 0 Å². The summed E-state index contributed by atoms with van der Waals surface area (Å²) >= 11 is 5.30. The molecule has 90 valence electrons. The first-order valence-electron chi connectivity index (χ1n) is 5.60. The van der Waals surface area contributed by atoms with E-state index in [9.17, 15) is 4.79 Å². The first-order chi connectivity index (χ1) is 8.18. The second-order valence-corrected chi connectivity index (χ2v) is 4.44. The monoisotopic (exact) mass is 249 g/mol. The van der Waals surface area contributed by atoms with E-state index in [1.165, 1.54) is 0 Å². The van der Waals surface area contributed by atoms with Gasteiger partial charge in [-0.1, -0.05) is 18.2 Å². The van der Waals surface area contributed by atoms with Gasteiger partial charge in [-0.2, -0.15) is 0 Å². The Kier molecular flexibility index (Phi) is 3.58. The predicted molar refractivity (Wildman–Crippen MR) is 71.6 cm³/mol. The number of hydrogen-bond acceptors (Lipinski definition) is 2. The molecular formula is C12H15N3OS. The molecule has 1 aromatic carbocycles. The molecule has 17 heavy (non-hydrogen) atoms. The van der Waals surface area contributed by atoms with E-state index in [1.54, 1.807) is 0 Å². The van der Waals surface area contributed by atoms with Gasteiger partial charge in [0.05, 0.1) is 0 Å². The quantitative estimate of drug-likeness (QED) is 0.776. The Hall–Kier alpha value is -1.62. The molecule has 1 aromatic rings. The number of nitrogens with two attached hydrogens (primary N) is 1. The zero-order valence-electron chi connectivity index (χ0n) is 9.43. The van der Waals surface area contributed by atoms with Gasteiger partial charge in [-0.15, -0.1) is 0 Å². The molecule has 0 bridgehead atoms. The third-order valence-electron chi connectivity index (χ3n) is 2.87. The summed E-state index contributed by atoms with van der Waals surface area (Å²) in [6.45, 7) is 0.784. The first-order valence-corrected chi connectivity index (χ1v) is 6.01. The Morgan fingerprint density at radius 3 is 2.76 bits per heavy atom. The standard InChI is InChI=1S/C12H15N3OS/c13-11(16)10-7-4-8-15(10)12(17)14-9-5-2-1-3-6-9/h1-3,5-6,10H,4,7-8H2,(H2,13,16)(H,14,17)/t10-/m0/s1. The van der Waals surface area contributed by atoms with Crippen LogP contribution in [0.1, 0.15) is 12.8 Å². The zero-order chi connectivity index (χ0) is 12.3. The second-order valence-electron chi connectivity index (χ2n) is 4.05. The largest absolute Gasteiger partial charge is 0.368 e. The molecule has 1 atom stereocenters. The number of nitrogens with one attached hydrogen (secondary N) is 1. The molecule has 1 aliphatic heterocycles. The minimum absolute atomic E-state index is 0.265. The Bertz CT molecular complexity index is 421. The van der Waals surface area contributed by atoms with Gasteiger partial charge < -0.3 is 16.0 Å². The van der Waals surface area contributed by atoms with Gasteiger partial charge in [-0.3, -0.25) is 4.79 Å². The van der Waals surface area contributed by atoms with Crippen LogP contribution < -0.4 is 11.1 Å². The number of amides is 1. The van der Waals surface area contributed by atoms with Gasteiger partial charge in [-0.25, -0.2) is 0 Å². The molecule has 4 nitrogen and oxygen atoms in total. The molecule has 1 amide bonds. The van der Waals surface area contributed by atoms with Gasteiger partial charge in [0, 0.05) is 12.2 Å². The summed E-state index contributed by atoms with van der Waals surface area (Å²) in [7, 11) is 0. The van der Waals surface area contributed by atoms with E-state index in [4.69, 9.17) is 18.0 Å². The highest BCUT2D eigenvalue weighted by Crippen LogP contribution is 2.18. The minimum atomic E-state index is -0.306. The van der Waals surface area contributed by atoms with E-state index >= 15 is 0 Å². The average molecular weight is 249 g/mol. The molecule has 0 radical (unpaired) electrons. The summed E-state index contributed by atoms with van der Waals surface area (Å²) in [6.07, 6.45) is 1.73. The average Bonchev–Trinajstić information content (AvgIpc) is 2.79. The summed E-state index contributed by atoms with van der Waals surface area (Å²) in [4.78, 5) is 13.1. The number of primary amides is 1. The van der Waals surface area contributed by atoms with Crippen LogP contribution in [-0.2, 0) is 4.79 Å². The fourth-order valence-corrected chi connectivity index (χ4v) is 2.36. The highest BCUT2D eigenvalue weighted by molar-refractivity contribution is 7.80. The van der Waals surface area contributed by atoms with Crippen LogP contribution in [0.15, 0.2) is 30.3 Å². The normalized spacial score (nSPS) is 19.1. The molecule has 0 aromatic heterocycles.